The number of rotatable bonds is 2. The van der Waals surface area contributed by atoms with Crippen LogP contribution in [0, 0.1) is 5.82 Å². The summed E-state index contributed by atoms with van der Waals surface area (Å²) in [5.41, 5.74) is 0.888. The molecule has 0 saturated carbocycles. The lowest BCUT2D eigenvalue weighted by Crippen LogP contribution is -2.11. The maximum atomic E-state index is 13.1. The van der Waals surface area contributed by atoms with Crippen molar-refractivity contribution < 1.29 is 4.39 Å². The smallest absolute Gasteiger partial charge is 0.260 e. The number of hydrogen-bond acceptors (Lipinski definition) is 3. The lowest BCUT2D eigenvalue weighted by molar-refractivity contribution is 0.629. The molecular formula is C14H10FN3O. The van der Waals surface area contributed by atoms with Gasteiger partial charge >= 0.3 is 0 Å². The molecule has 94 valence electrons. The van der Waals surface area contributed by atoms with E-state index in [1.807, 2.05) is 30.3 Å². The quantitative estimate of drug-likeness (QED) is 0.740. The molecule has 0 atom stereocenters. The van der Waals surface area contributed by atoms with Crippen molar-refractivity contribution in [3.63, 3.8) is 0 Å². The minimum Gasteiger partial charge on any atom is -0.326 e. The molecule has 0 fully saturated rings. The van der Waals surface area contributed by atoms with E-state index in [1.165, 1.54) is 18.2 Å². The number of para-hydroxylation sites is 1. The van der Waals surface area contributed by atoms with Crippen LogP contribution in [0.5, 0.6) is 0 Å². The highest BCUT2D eigenvalue weighted by atomic mass is 19.1. The molecule has 4 nitrogen and oxygen atoms in total. The Morgan fingerprint density at radius 2 is 1.89 bits per heavy atom. The highest BCUT2D eigenvalue weighted by Crippen LogP contribution is 2.14. The molecule has 0 aliphatic rings. The Kier molecular flexibility index (Phi) is 2.72. The molecule has 19 heavy (non-hydrogen) atoms. The van der Waals surface area contributed by atoms with Gasteiger partial charge in [-0.25, -0.2) is 9.37 Å². The summed E-state index contributed by atoms with van der Waals surface area (Å²) in [5, 5.41) is 3.23. The molecule has 0 aliphatic heterocycles. The SMILES string of the molecule is O=c1[nH]c(Nc2ccccc2)nc2ccc(F)cc12. The second-order valence-corrected chi connectivity index (χ2v) is 4.07. The van der Waals surface area contributed by atoms with Crippen LogP contribution in [-0.4, -0.2) is 9.97 Å². The van der Waals surface area contributed by atoms with Crippen molar-refractivity contribution in [3.05, 3.63) is 64.7 Å². The van der Waals surface area contributed by atoms with Gasteiger partial charge in [0, 0.05) is 5.69 Å². The average molecular weight is 255 g/mol. The Hall–Kier alpha value is -2.69. The third kappa shape index (κ3) is 2.30. The Labute approximate surface area is 107 Å². The molecule has 0 aliphatic carbocycles. The van der Waals surface area contributed by atoms with Crippen LogP contribution >= 0.6 is 0 Å². The summed E-state index contributed by atoms with van der Waals surface area (Å²) >= 11 is 0. The van der Waals surface area contributed by atoms with Gasteiger partial charge in [-0.05, 0) is 30.3 Å². The number of halogens is 1. The topological polar surface area (TPSA) is 57.8 Å². The summed E-state index contributed by atoms with van der Waals surface area (Å²) in [6.07, 6.45) is 0. The fourth-order valence-electron chi connectivity index (χ4n) is 1.83. The van der Waals surface area contributed by atoms with Crippen LogP contribution in [-0.2, 0) is 0 Å². The van der Waals surface area contributed by atoms with Gasteiger partial charge in [-0.3, -0.25) is 9.78 Å². The maximum absolute atomic E-state index is 13.1. The van der Waals surface area contributed by atoms with E-state index in [1.54, 1.807) is 0 Å². The van der Waals surface area contributed by atoms with Gasteiger partial charge in [-0.1, -0.05) is 18.2 Å². The zero-order valence-electron chi connectivity index (χ0n) is 9.85. The fourth-order valence-corrected chi connectivity index (χ4v) is 1.83. The van der Waals surface area contributed by atoms with E-state index in [0.717, 1.165) is 5.69 Å². The standard InChI is InChI=1S/C14H10FN3O/c15-9-6-7-12-11(8-9)13(19)18-14(17-12)16-10-4-2-1-3-5-10/h1-8H,(H2,16,17,18,19). The van der Waals surface area contributed by atoms with Crippen LogP contribution < -0.4 is 10.9 Å². The minimum absolute atomic E-state index is 0.235. The van der Waals surface area contributed by atoms with Gasteiger partial charge in [0.2, 0.25) is 5.95 Å². The number of fused-ring (bicyclic) bond motifs is 1. The van der Waals surface area contributed by atoms with Crippen molar-refractivity contribution in [2.24, 2.45) is 0 Å². The van der Waals surface area contributed by atoms with Gasteiger partial charge in [0.25, 0.3) is 5.56 Å². The number of nitrogens with one attached hydrogen (secondary N) is 2. The molecule has 0 unspecified atom stereocenters. The zero-order chi connectivity index (χ0) is 13.2. The third-order valence-corrected chi connectivity index (χ3v) is 2.70. The van der Waals surface area contributed by atoms with Crippen LogP contribution in [0.1, 0.15) is 0 Å². The Balaban J connectivity index is 2.07. The van der Waals surface area contributed by atoms with Crippen LogP contribution in [0.2, 0.25) is 0 Å². The number of H-pyrrole nitrogens is 1. The maximum Gasteiger partial charge on any atom is 0.260 e. The van der Waals surface area contributed by atoms with Gasteiger partial charge in [0.05, 0.1) is 10.9 Å². The first-order valence-electron chi connectivity index (χ1n) is 5.74. The normalized spacial score (nSPS) is 10.6. The molecule has 3 rings (SSSR count). The number of aromatic nitrogens is 2. The zero-order valence-corrected chi connectivity index (χ0v) is 9.85. The molecule has 2 N–H and O–H groups in total. The van der Waals surface area contributed by atoms with Gasteiger partial charge in [0.15, 0.2) is 0 Å². The first-order chi connectivity index (χ1) is 9.22. The second-order valence-electron chi connectivity index (χ2n) is 4.07. The first kappa shape index (κ1) is 11.4. The van der Waals surface area contributed by atoms with Crippen LogP contribution in [0.4, 0.5) is 16.0 Å². The van der Waals surface area contributed by atoms with Crippen molar-refractivity contribution in [2.75, 3.05) is 5.32 Å². The molecule has 3 aromatic rings. The van der Waals surface area contributed by atoms with Crippen LogP contribution in [0.25, 0.3) is 10.9 Å². The summed E-state index contributed by atoms with van der Waals surface area (Å²) in [6, 6.07) is 13.3. The highest BCUT2D eigenvalue weighted by Gasteiger charge is 2.05. The molecule has 5 heteroatoms. The predicted molar refractivity (Wildman–Crippen MR) is 72.0 cm³/mol. The van der Waals surface area contributed by atoms with Crippen molar-refractivity contribution >= 4 is 22.5 Å². The summed E-state index contributed by atoms with van der Waals surface area (Å²) in [6.45, 7) is 0. The number of anilines is 2. The van der Waals surface area contributed by atoms with E-state index >= 15 is 0 Å². The van der Waals surface area contributed by atoms with E-state index in [0.29, 0.717) is 11.5 Å². The van der Waals surface area contributed by atoms with E-state index in [2.05, 4.69) is 15.3 Å². The Morgan fingerprint density at radius 1 is 1.11 bits per heavy atom. The van der Waals surface area contributed by atoms with Gasteiger partial charge < -0.3 is 5.32 Å². The summed E-state index contributed by atoms with van der Waals surface area (Å²) in [5.74, 6) is -0.126. The van der Waals surface area contributed by atoms with Gasteiger partial charge in [0.1, 0.15) is 5.82 Å². The van der Waals surface area contributed by atoms with Crippen molar-refractivity contribution in [1.82, 2.24) is 9.97 Å². The lowest BCUT2D eigenvalue weighted by Gasteiger charge is -2.06. The average Bonchev–Trinajstić information content (AvgIpc) is 2.41. The molecular weight excluding hydrogens is 245 g/mol. The molecule has 2 aromatic carbocycles. The Bertz CT molecular complexity index is 784. The minimum atomic E-state index is -0.455. The van der Waals surface area contributed by atoms with E-state index in [-0.39, 0.29) is 10.9 Å². The number of aromatic amines is 1. The summed E-state index contributed by atoms with van der Waals surface area (Å²) < 4.78 is 13.1. The molecule has 0 amide bonds. The van der Waals surface area contributed by atoms with E-state index in [4.69, 9.17) is 0 Å². The summed E-state index contributed by atoms with van der Waals surface area (Å²) in [4.78, 5) is 18.7. The molecule has 1 aromatic heterocycles. The molecule has 0 bridgehead atoms. The number of benzene rings is 2. The van der Waals surface area contributed by atoms with Crippen LogP contribution in [0.3, 0.4) is 0 Å². The van der Waals surface area contributed by atoms with Crippen molar-refractivity contribution in [3.8, 4) is 0 Å². The highest BCUT2D eigenvalue weighted by molar-refractivity contribution is 5.78. The molecule has 0 spiro atoms. The van der Waals surface area contributed by atoms with E-state index in [9.17, 15) is 9.18 Å². The molecule has 0 radical (unpaired) electrons. The summed E-state index contributed by atoms with van der Waals surface area (Å²) in [7, 11) is 0. The lowest BCUT2D eigenvalue weighted by atomic mass is 10.2. The fraction of sp³-hybridized carbons (Fsp3) is 0. The predicted octanol–water partition coefficient (Wildman–Crippen LogP) is 2.81. The molecule has 0 saturated heterocycles. The van der Waals surface area contributed by atoms with Gasteiger partial charge in [-0.15, -0.1) is 0 Å². The Morgan fingerprint density at radius 3 is 2.68 bits per heavy atom. The monoisotopic (exact) mass is 255 g/mol. The van der Waals surface area contributed by atoms with Crippen LogP contribution in [0.15, 0.2) is 53.3 Å². The van der Waals surface area contributed by atoms with E-state index < -0.39 is 5.82 Å². The first-order valence-corrected chi connectivity index (χ1v) is 5.74. The number of hydrogen-bond donors (Lipinski definition) is 2. The molecule has 1 heterocycles. The van der Waals surface area contributed by atoms with Crippen molar-refractivity contribution in [1.29, 1.82) is 0 Å². The number of nitrogens with zero attached hydrogens (tertiary/aromatic N) is 1. The van der Waals surface area contributed by atoms with Crippen molar-refractivity contribution in [2.45, 2.75) is 0 Å². The largest absolute Gasteiger partial charge is 0.326 e. The third-order valence-electron chi connectivity index (χ3n) is 2.70. The van der Waals surface area contributed by atoms with Gasteiger partial charge in [-0.2, -0.15) is 0 Å². The second kappa shape index (κ2) is 4.53.